The van der Waals surface area contributed by atoms with Crippen molar-refractivity contribution in [2.24, 2.45) is 5.73 Å². The van der Waals surface area contributed by atoms with Crippen LogP contribution in [-0.4, -0.2) is 58.5 Å². The largest absolute Gasteiger partial charge is 0.480 e. The second kappa shape index (κ2) is 6.63. The number of thiol groups is 1. The highest BCUT2D eigenvalue weighted by Gasteiger charge is 2.25. The third-order valence-corrected chi connectivity index (χ3v) is 2.00. The molecule has 1 unspecified atom stereocenters. The number of hydrogen-bond acceptors (Lipinski definition) is 5. The van der Waals surface area contributed by atoms with Gasteiger partial charge in [0.05, 0.1) is 6.54 Å². The molecule has 7 heteroatoms. The number of nitrogens with zero attached hydrogens (tertiary/aromatic N) is 1. The molecule has 4 N–H and O–H groups in total. The summed E-state index contributed by atoms with van der Waals surface area (Å²) in [6, 6.07) is -0.905. The topological polar surface area (TPSA) is 104 Å². The van der Waals surface area contributed by atoms with Crippen LogP contribution in [0.25, 0.3) is 0 Å². The van der Waals surface area contributed by atoms with E-state index >= 15 is 0 Å². The number of carboxylic acids is 2. The maximum Gasteiger partial charge on any atom is 0.321 e. The Labute approximate surface area is 87.1 Å². The van der Waals surface area contributed by atoms with Gasteiger partial charge in [-0.3, -0.25) is 14.5 Å². The van der Waals surface area contributed by atoms with E-state index in [-0.39, 0.29) is 25.4 Å². The van der Waals surface area contributed by atoms with Gasteiger partial charge in [0.25, 0.3) is 0 Å². The molecule has 0 saturated heterocycles. The van der Waals surface area contributed by atoms with Gasteiger partial charge in [-0.2, -0.15) is 12.6 Å². The molecule has 0 bridgehead atoms. The lowest BCUT2D eigenvalue weighted by Crippen LogP contribution is -2.47. The molecule has 0 spiro atoms. The molecule has 82 valence electrons. The summed E-state index contributed by atoms with van der Waals surface area (Å²) < 4.78 is 0. The van der Waals surface area contributed by atoms with E-state index in [9.17, 15) is 9.59 Å². The van der Waals surface area contributed by atoms with E-state index in [2.05, 4.69) is 12.6 Å². The van der Waals surface area contributed by atoms with E-state index < -0.39 is 18.0 Å². The highest BCUT2D eigenvalue weighted by Crippen LogP contribution is 2.01. The zero-order valence-electron chi connectivity index (χ0n) is 7.59. The van der Waals surface area contributed by atoms with E-state index in [1.54, 1.807) is 0 Å². The van der Waals surface area contributed by atoms with Gasteiger partial charge in [0.15, 0.2) is 0 Å². The highest BCUT2D eigenvalue weighted by atomic mass is 32.1. The SMILES string of the molecule is NCCN(CC(=O)O)C(CS)C(=O)O. The van der Waals surface area contributed by atoms with Crippen LogP contribution >= 0.6 is 12.6 Å². The summed E-state index contributed by atoms with van der Waals surface area (Å²) in [5.41, 5.74) is 5.25. The molecule has 1 atom stereocenters. The van der Waals surface area contributed by atoms with Gasteiger partial charge in [0.1, 0.15) is 6.04 Å². The van der Waals surface area contributed by atoms with Crippen molar-refractivity contribution >= 4 is 24.6 Å². The van der Waals surface area contributed by atoms with Crippen molar-refractivity contribution < 1.29 is 19.8 Å². The molecule has 0 saturated carbocycles. The number of rotatable bonds is 7. The van der Waals surface area contributed by atoms with Crippen LogP contribution in [0.15, 0.2) is 0 Å². The molecule has 0 radical (unpaired) electrons. The summed E-state index contributed by atoms with van der Waals surface area (Å²) in [5.74, 6) is -2.11. The predicted molar refractivity (Wildman–Crippen MR) is 53.5 cm³/mol. The molecule has 14 heavy (non-hydrogen) atoms. The lowest BCUT2D eigenvalue weighted by atomic mass is 10.2. The fourth-order valence-corrected chi connectivity index (χ4v) is 1.42. The minimum atomic E-state index is -1.09. The maximum absolute atomic E-state index is 10.7. The second-order valence-electron chi connectivity index (χ2n) is 2.69. The Morgan fingerprint density at radius 3 is 2.29 bits per heavy atom. The van der Waals surface area contributed by atoms with Crippen molar-refractivity contribution in [2.45, 2.75) is 6.04 Å². The Hall–Kier alpha value is -0.790. The molecular weight excluding hydrogens is 208 g/mol. The summed E-state index contributed by atoms with van der Waals surface area (Å²) in [4.78, 5) is 22.4. The van der Waals surface area contributed by atoms with Crippen LogP contribution < -0.4 is 5.73 Å². The molecule has 6 nitrogen and oxygen atoms in total. The lowest BCUT2D eigenvalue weighted by Gasteiger charge is -2.25. The molecule has 0 aliphatic heterocycles. The molecular formula is C7H14N2O4S. The molecule has 0 aliphatic rings. The first-order valence-corrected chi connectivity index (χ1v) is 4.65. The van der Waals surface area contributed by atoms with Gasteiger partial charge in [-0.25, -0.2) is 0 Å². The fraction of sp³-hybridized carbons (Fsp3) is 0.714. The predicted octanol–water partition coefficient (Wildman–Crippen LogP) is -1.29. The third kappa shape index (κ3) is 4.45. The van der Waals surface area contributed by atoms with Gasteiger partial charge in [-0.05, 0) is 0 Å². The summed E-state index contributed by atoms with van der Waals surface area (Å²) in [6.45, 7) is 0.101. The van der Waals surface area contributed by atoms with Gasteiger partial charge in [-0.15, -0.1) is 0 Å². The number of nitrogens with two attached hydrogens (primary N) is 1. The Morgan fingerprint density at radius 1 is 1.43 bits per heavy atom. The van der Waals surface area contributed by atoms with Crippen LogP contribution in [0, 0.1) is 0 Å². The van der Waals surface area contributed by atoms with Crippen molar-refractivity contribution in [3.63, 3.8) is 0 Å². The number of carbonyl (C=O) groups is 2. The van der Waals surface area contributed by atoms with Crippen LogP contribution in [0.4, 0.5) is 0 Å². The molecule has 0 fully saturated rings. The van der Waals surface area contributed by atoms with Crippen LogP contribution in [0.3, 0.4) is 0 Å². The summed E-state index contributed by atoms with van der Waals surface area (Å²) in [5, 5.41) is 17.3. The molecule has 0 amide bonds. The van der Waals surface area contributed by atoms with E-state index in [1.165, 1.54) is 4.90 Å². The molecule has 0 aromatic carbocycles. The van der Waals surface area contributed by atoms with Crippen molar-refractivity contribution in [3.05, 3.63) is 0 Å². The Kier molecular flexibility index (Phi) is 6.26. The van der Waals surface area contributed by atoms with E-state index in [4.69, 9.17) is 15.9 Å². The molecule has 0 aromatic rings. The number of hydrogen-bond donors (Lipinski definition) is 4. The first-order chi connectivity index (χ1) is 6.52. The minimum Gasteiger partial charge on any atom is -0.480 e. The Balaban J connectivity index is 4.42. The molecule has 0 aliphatic carbocycles. The van der Waals surface area contributed by atoms with E-state index in [1.807, 2.05) is 0 Å². The van der Waals surface area contributed by atoms with Crippen LogP contribution in [0.5, 0.6) is 0 Å². The van der Waals surface area contributed by atoms with Crippen molar-refractivity contribution in [2.75, 3.05) is 25.4 Å². The minimum absolute atomic E-state index is 0.0581. The van der Waals surface area contributed by atoms with Crippen molar-refractivity contribution in [1.29, 1.82) is 0 Å². The Morgan fingerprint density at radius 2 is 2.00 bits per heavy atom. The highest BCUT2D eigenvalue weighted by molar-refractivity contribution is 7.80. The fourth-order valence-electron chi connectivity index (χ4n) is 1.03. The molecule has 0 rings (SSSR count). The lowest BCUT2D eigenvalue weighted by molar-refractivity contribution is -0.145. The molecule has 0 aromatic heterocycles. The van der Waals surface area contributed by atoms with Crippen LogP contribution in [0.1, 0.15) is 0 Å². The van der Waals surface area contributed by atoms with Gasteiger partial charge >= 0.3 is 11.9 Å². The van der Waals surface area contributed by atoms with Gasteiger partial charge in [0.2, 0.25) is 0 Å². The quantitative estimate of drug-likeness (QED) is 0.400. The first-order valence-electron chi connectivity index (χ1n) is 4.02. The smallest absolute Gasteiger partial charge is 0.321 e. The zero-order chi connectivity index (χ0) is 11.1. The van der Waals surface area contributed by atoms with Crippen molar-refractivity contribution in [1.82, 2.24) is 4.90 Å². The van der Waals surface area contributed by atoms with Gasteiger partial charge in [-0.1, -0.05) is 0 Å². The zero-order valence-corrected chi connectivity index (χ0v) is 8.48. The monoisotopic (exact) mass is 222 g/mol. The van der Waals surface area contributed by atoms with E-state index in [0.717, 1.165) is 0 Å². The Bertz CT molecular complexity index is 212. The third-order valence-electron chi connectivity index (χ3n) is 1.65. The van der Waals surface area contributed by atoms with Gasteiger partial charge in [0, 0.05) is 18.8 Å². The number of aliphatic carboxylic acids is 2. The maximum atomic E-state index is 10.7. The first kappa shape index (κ1) is 13.2. The van der Waals surface area contributed by atoms with E-state index in [0.29, 0.717) is 0 Å². The van der Waals surface area contributed by atoms with Gasteiger partial charge < -0.3 is 15.9 Å². The second-order valence-corrected chi connectivity index (χ2v) is 3.05. The average Bonchev–Trinajstić information content (AvgIpc) is 2.03. The number of carboxylic acid groups (broad SMARTS) is 2. The van der Waals surface area contributed by atoms with Crippen LogP contribution in [0.2, 0.25) is 0 Å². The van der Waals surface area contributed by atoms with Crippen LogP contribution in [-0.2, 0) is 9.59 Å². The summed E-state index contributed by atoms with van der Waals surface area (Å²) in [6.07, 6.45) is 0. The molecule has 0 heterocycles. The normalized spacial score (nSPS) is 12.8. The summed E-state index contributed by atoms with van der Waals surface area (Å²) in [7, 11) is 0. The average molecular weight is 222 g/mol. The standard InChI is InChI=1S/C7H14N2O4S/c8-1-2-9(3-6(10)11)5(4-14)7(12)13/h5,14H,1-4,8H2,(H,10,11)(H,12,13). The summed E-state index contributed by atoms with van der Waals surface area (Å²) >= 11 is 3.85. The van der Waals surface area contributed by atoms with Crippen molar-refractivity contribution in [3.8, 4) is 0 Å².